The predicted molar refractivity (Wildman–Crippen MR) is 56.5 cm³/mol. The summed E-state index contributed by atoms with van der Waals surface area (Å²) in [6.07, 6.45) is 1.97. The van der Waals surface area contributed by atoms with Crippen molar-refractivity contribution in [2.24, 2.45) is 0 Å². The van der Waals surface area contributed by atoms with Crippen LogP contribution in [0.2, 0.25) is 0 Å². The van der Waals surface area contributed by atoms with Crippen molar-refractivity contribution in [2.75, 3.05) is 13.2 Å². The zero-order valence-electron chi connectivity index (χ0n) is 9.60. The quantitative estimate of drug-likeness (QED) is 0.753. The fraction of sp³-hybridized carbons (Fsp3) is 0.800. The van der Waals surface area contributed by atoms with Crippen molar-refractivity contribution in [2.45, 2.75) is 39.3 Å². The molecule has 0 fully saturated rings. The molecule has 1 unspecified atom stereocenters. The van der Waals surface area contributed by atoms with Crippen molar-refractivity contribution in [3.8, 4) is 0 Å². The van der Waals surface area contributed by atoms with Gasteiger partial charge in [-0.3, -0.25) is 4.68 Å². The van der Waals surface area contributed by atoms with Crippen LogP contribution in [0.1, 0.15) is 26.6 Å². The minimum absolute atomic E-state index is 0.320. The average Bonchev–Trinajstić information content (AvgIpc) is 2.61. The Kier molecular flexibility index (Phi) is 4.23. The van der Waals surface area contributed by atoms with Gasteiger partial charge in [-0.2, -0.15) is 5.10 Å². The SMILES string of the molecule is CCOCC(C)(O)Cc1ncnn1CC. The van der Waals surface area contributed by atoms with Gasteiger partial charge in [-0.15, -0.1) is 0 Å². The fourth-order valence-electron chi connectivity index (χ4n) is 1.40. The molecule has 0 bridgehead atoms. The van der Waals surface area contributed by atoms with Crippen LogP contribution in [0.4, 0.5) is 0 Å². The van der Waals surface area contributed by atoms with Gasteiger partial charge in [-0.1, -0.05) is 0 Å². The molecule has 86 valence electrons. The highest BCUT2D eigenvalue weighted by molar-refractivity contribution is 4.92. The van der Waals surface area contributed by atoms with Crippen LogP contribution in [-0.4, -0.2) is 38.7 Å². The molecule has 0 aromatic carbocycles. The van der Waals surface area contributed by atoms with E-state index in [1.54, 1.807) is 11.6 Å². The van der Waals surface area contributed by atoms with Crippen molar-refractivity contribution in [1.82, 2.24) is 14.8 Å². The number of aryl methyl sites for hydroxylation is 1. The molecular weight excluding hydrogens is 194 g/mol. The normalized spacial score (nSPS) is 15.2. The summed E-state index contributed by atoms with van der Waals surface area (Å²) in [4.78, 5) is 4.12. The van der Waals surface area contributed by atoms with Gasteiger partial charge in [-0.25, -0.2) is 4.98 Å². The molecule has 1 aromatic heterocycles. The van der Waals surface area contributed by atoms with Gasteiger partial charge in [0, 0.05) is 19.6 Å². The largest absolute Gasteiger partial charge is 0.387 e. The average molecular weight is 213 g/mol. The van der Waals surface area contributed by atoms with Gasteiger partial charge in [0.2, 0.25) is 0 Å². The first-order chi connectivity index (χ1) is 7.09. The summed E-state index contributed by atoms with van der Waals surface area (Å²) in [6.45, 7) is 7.34. The smallest absolute Gasteiger partial charge is 0.138 e. The van der Waals surface area contributed by atoms with E-state index < -0.39 is 5.60 Å². The molecule has 5 nitrogen and oxygen atoms in total. The van der Waals surface area contributed by atoms with Crippen LogP contribution in [0.5, 0.6) is 0 Å². The second-order valence-corrected chi connectivity index (χ2v) is 3.80. The summed E-state index contributed by atoms with van der Waals surface area (Å²) in [5.41, 5.74) is -0.879. The summed E-state index contributed by atoms with van der Waals surface area (Å²) in [6, 6.07) is 0. The van der Waals surface area contributed by atoms with Gasteiger partial charge in [0.1, 0.15) is 12.2 Å². The highest BCUT2D eigenvalue weighted by Crippen LogP contribution is 2.11. The van der Waals surface area contributed by atoms with Crippen LogP contribution >= 0.6 is 0 Å². The van der Waals surface area contributed by atoms with Gasteiger partial charge in [0.05, 0.1) is 12.2 Å². The van der Waals surface area contributed by atoms with Gasteiger partial charge in [-0.05, 0) is 20.8 Å². The maximum Gasteiger partial charge on any atom is 0.138 e. The molecule has 15 heavy (non-hydrogen) atoms. The third-order valence-electron chi connectivity index (χ3n) is 2.15. The number of hydrogen-bond acceptors (Lipinski definition) is 4. The molecule has 1 N–H and O–H groups in total. The molecule has 0 radical (unpaired) electrons. The first kappa shape index (κ1) is 12.1. The minimum Gasteiger partial charge on any atom is -0.387 e. The molecule has 0 amide bonds. The number of hydrogen-bond donors (Lipinski definition) is 1. The standard InChI is InChI=1S/C10H19N3O2/c1-4-13-9(11-8-12-13)6-10(3,14)7-15-5-2/h8,14H,4-7H2,1-3H3. The molecule has 0 aliphatic rings. The Bertz CT molecular complexity index is 297. The molecule has 0 aliphatic carbocycles. The van der Waals surface area contributed by atoms with E-state index in [1.165, 1.54) is 6.33 Å². The van der Waals surface area contributed by atoms with E-state index in [1.807, 2.05) is 13.8 Å². The molecule has 0 aliphatic heterocycles. The van der Waals surface area contributed by atoms with E-state index >= 15 is 0 Å². The van der Waals surface area contributed by atoms with Crippen molar-refractivity contribution < 1.29 is 9.84 Å². The molecule has 0 saturated carbocycles. The third kappa shape index (κ3) is 3.60. The lowest BCUT2D eigenvalue weighted by atomic mass is 10.0. The van der Waals surface area contributed by atoms with Gasteiger partial charge in [0.25, 0.3) is 0 Å². The number of aliphatic hydroxyl groups is 1. The number of aromatic nitrogens is 3. The molecule has 1 heterocycles. The molecule has 0 saturated heterocycles. The summed E-state index contributed by atoms with van der Waals surface area (Å²) in [5, 5.41) is 14.1. The van der Waals surface area contributed by atoms with Crippen molar-refractivity contribution in [3.63, 3.8) is 0 Å². The topological polar surface area (TPSA) is 60.2 Å². The van der Waals surface area contributed by atoms with E-state index in [0.717, 1.165) is 12.4 Å². The second kappa shape index (κ2) is 5.23. The third-order valence-corrected chi connectivity index (χ3v) is 2.15. The van der Waals surface area contributed by atoms with Crippen LogP contribution in [0, 0.1) is 0 Å². The summed E-state index contributed by atoms with van der Waals surface area (Å²) < 4.78 is 6.99. The van der Waals surface area contributed by atoms with Crippen molar-refractivity contribution in [1.29, 1.82) is 0 Å². The van der Waals surface area contributed by atoms with E-state index in [-0.39, 0.29) is 0 Å². The Morgan fingerprint density at radius 2 is 2.27 bits per heavy atom. The maximum atomic E-state index is 10.0. The maximum absolute atomic E-state index is 10.0. The van der Waals surface area contributed by atoms with Crippen molar-refractivity contribution in [3.05, 3.63) is 12.2 Å². The van der Waals surface area contributed by atoms with E-state index in [4.69, 9.17) is 4.74 Å². The van der Waals surface area contributed by atoms with Crippen LogP contribution in [0.25, 0.3) is 0 Å². The molecule has 5 heteroatoms. The van der Waals surface area contributed by atoms with Gasteiger partial charge >= 0.3 is 0 Å². The molecule has 1 rings (SSSR count). The Balaban J connectivity index is 2.59. The van der Waals surface area contributed by atoms with E-state index in [2.05, 4.69) is 10.1 Å². The summed E-state index contributed by atoms with van der Waals surface area (Å²) in [5.74, 6) is 0.794. The highest BCUT2D eigenvalue weighted by Gasteiger charge is 2.23. The lowest BCUT2D eigenvalue weighted by Gasteiger charge is -2.22. The van der Waals surface area contributed by atoms with E-state index in [0.29, 0.717) is 19.6 Å². The lowest BCUT2D eigenvalue weighted by molar-refractivity contribution is -0.0314. The number of rotatable bonds is 6. The summed E-state index contributed by atoms with van der Waals surface area (Å²) in [7, 11) is 0. The molecular formula is C10H19N3O2. The zero-order valence-corrected chi connectivity index (χ0v) is 9.60. The van der Waals surface area contributed by atoms with Crippen LogP contribution < -0.4 is 0 Å². The van der Waals surface area contributed by atoms with Crippen molar-refractivity contribution >= 4 is 0 Å². The predicted octanol–water partition coefficient (Wildman–Crippen LogP) is 0.628. The number of nitrogens with zero attached hydrogens (tertiary/aromatic N) is 3. The van der Waals surface area contributed by atoms with Gasteiger partial charge < -0.3 is 9.84 Å². The van der Waals surface area contributed by atoms with Gasteiger partial charge in [0.15, 0.2) is 0 Å². The Morgan fingerprint density at radius 1 is 1.53 bits per heavy atom. The molecule has 1 atom stereocenters. The monoisotopic (exact) mass is 213 g/mol. The van der Waals surface area contributed by atoms with Crippen LogP contribution in [-0.2, 0) is 17.7 Å². The minimum atomic E-state index is -0.879. The highest BCUT2D eigenvalue weighted by atomic mass is 16.5. The summed E-state index contributed by atoms with van der Waals surface area (Å²) >= 11 is 0. The zero-order chi connectivity index (χ0) is 11.3. The Labute approximate surface area is 90.1 Å². The number of ether oxygens (including phenoxy) is 1. The first-order valence-corrected chi connectivity index (χ1v) is 5.26. The lowest BCUT2D eigenvalue weighted by Crippen LogP contribution is -2.34. The fourth-order valence-corrected chi connectivity index (χ4v) is 1.40. The Hall–Kier alpha value is -0.940. The second-order valence-electron chi connectivity index (χ2n) is 3.80. The molecule has 1 aromatic rings. The van der Waals surface area contributed by atoms with Crippen LogP contribution in [0.15, 0.2) is 6.33 Å². The first-order valence-electron chi connectivity index (χ1n) is 5.26. The molecule has 0 spiro atoms. The van der Waals surface area contributed by atoms with E-state index in [9.17, 15) is 5.11 Å². The Morgan fingerprint density at radius 3 is 2.87 bits per heavy atom. The van der Waals surface area contributed by atoms with Crippen LogP contribution in [0.3, 0.4) is 0 Å².